The van der Waals surface area contributed by atoms with Crippen LogP contribution in [-0.2, 0) is 11.3 Å². The molecule has 1 heterocycles. The van der Waals surface area contributed by atoms with Crippen LogP contribution >= 0.6 is 11.3 Å². The van der Waals surface area contributed by atoms with E-state index in [0.717, 1.165) is 10.7 Å². The van der Waals surface area contributed by atoms with E-state index in [0.29, 0.717) is 5.69 Å². The third-order valence-corrected chi connectivity index (χ3v) is 3.52. The summed E-state index contributed by atoms with van der Waals surface area (Å²) in [6, 6.07) is 8.22. The van der Waals surface area contributed by atoms with Gasteiger partial charge in [-0.1, -0.05) is 18.2 Å². The molecule has 1 aromatic heterocycles. The minimum absolute atomic E-state index is 0.270. The summed E-state index contributed by atoms with van der Waals surface area (Å²) in [5, 5.41) is 14.4. The second-order valence-electron chi connectivity index (χ2n) is 4.33. The van der Waals surface area contributed by atoms with E-state index in [1.807, 2.05) is 12.3 Å². The van der Waals surface area contributed by atoms with Crippen molar-refractivity contribution in [2.75, 3.05) is 11.4 Å². The van der Waals surface area contributed by atoms with Gasteiger partial charge in [0, 0.05) is 11.1 Å². The number of carbonyl (C=O) groups excluding carboxylic acids is 1. The number of benzene rings is 1. The summed E-state index contributed by atoms with van der Waals surface area (Å²) in [5.41, 5.74) is 1.29. The Morgan fingerprint density at radius 1 is 1.33 bits per heavy atom. The first kappa shape index (κ1) is 15.0. The van der Waals surface area contributed by atoms with Crippen molar-refractivity contribution in [3.63, 3.8) is 0 Å². The lowest BCUT2D eigenvalue weighted by atomic mass is 10.3. The highest BCUT2D eigenvalue weighted by Crippen LogP contribution is 2.13. The summed E-state index contributed by atoms with van der Waals surface area (Å²) >= 11 is 1.50. The van der Waals surface area contributed by atoms with Gasteiger partial charge in [0.2, 0.25) is 0 Å². The number of thiazole rings is 1. The summed E-state index contributed by atoms with van der Waals surface area (Å²) < 4.78 is 0. The van der Waals surface area contributed by atoms with Crippen LogP contribution in [0.5, 0.6) is 0 Å². The fraction of sp³-hybridized carbons (Fsp3) is 0.214. The van der Waals surface area contributed by atoms with E-state index in [4.69, 9.17) is 5.11 Å². The largest absolute Gasteiger partial charge is 0.480 e. The van der Waals surface area contributed by atoms with Crippen molar-refractivity contribution in [3.05, 3.63) is 46.4 Å². The molecule has 0 unspecified atom stereocenters. The summed E-state index contributed by atoms with van der Waals surface area (Å²) in [6.45, 7) is 1.76. The van der Waals surface area contributed by atoms with Crippen molar-refractivity contribution in [2.24, 2.45) is 0 Å². The summed E-state index contributed by atoms with van der Waals surface area (Å²) in [5.74, 6) is -1.07. The van der Waals surface area contributed by atoms with Crippen LogP contribution < -0.4 is 10.2 Å². The summed E-state index contributed by atoms with van der Waals surface area (Å²) in [7, 11) is 0. The number of aliphatic carboxylic acids is 1. The normalized spacial score (nSPS) is 10.1. The molecule has 0 aliphatic rings. The Morgan fingerprint density at radius 2 is 2.05 bits per heavy atom. The average molecular weight is 305 g/mol. The number of amides is 2. The Morgan fingerprint density at radius 3 is 2.62 bits per heavy atom. The molecule has 6 nitrogen and oxygen atoms in total. The van der Waals surface area contributed by atoms with Crippen molar-refractivity contribution >= 4 is 29.0 Å². The molecule has 7 heteroatoms. The first-order valence-electron chi connectivity index (χ1n) is 6.29. The van der Waals surface area contributed by atoms with Crippen LogP contribution in [0.1, 0.15) is 10.7 Å². The molecular weight excluding hydrogens is 290 g/mol. The van der Waals surface area contributed by atoms with E-state index >= 15 is 0 Å². The van der Waals surface area contributed by atoms with Crippen molar-refractivity contribution in [3.8, 4) is 0 Å². The predicted octanol–water partition coefficient (Wildman–Crippen LogP) is 2.25. The van der Waals surface area contributed by atoms with Gasteiger partial charge in [0.25, 0.3) is 0 Å². The molecule has 0 aliphatic carbocycles. The zero-order valence-corrected chi connectivity index (χ0v) is 12.3. The number of aryl methyl sites for hydroxylation is 1. The Hall–Kier alpha value is -2.41. The molecule has 0 spiro atoms. The highest BCUT2D eigenvalue weighted by atomic mass is 32.1. The third kappa shape index (κ3) is 4.28. The van der Waals surface area contributed by atoms with Crippen molar-refractivity contribution in [2.45, 2.75) is 13.5 Å². The third-order valence-electron chi connectivity index (χ3n) is 2.69. The Bertz CT molecular complexity index is 627. The van der Waals surface area contributed by atoms with Gasteiger partial charge in [-0.2, -0.15) is 0 Å². The lowest BCUT2D eigenvalue weighted by Gasteiger charge is -2.21. The maximum Gasteiger partial charge on any atom is 0.323 e. The van der Waals surface area contributed by atoms with Crippen LogP contribution in [0.25, 0.3) is 0 Å². The molecule has 2 aromatic rings. The zero-order valence-electron chi connectivity index (χ0n) is 11.4. The highest BCUT2D eigenvalue weighted by molar-refractivity contribution is 7.09. The number of aromatic nitrogens is 1. The number of rotatable bonds is 5. The average Bonchev–Trinajstić information content (AvgIpc) is 2.88. The molecule has 2 rings (SSSR count). The second-order valence-corrected chi connectivity index (χ2v) is 5.39. The van der Waals surface area contributed by atoms with Gasteiger partial charge in [0.15, 0.2) is 0 Å². The molecule has 2 amide bonds. The summed E-state index contributed by atoms with van der Waals surface area (Å²) in [4.78, 5) is 28.5. The molecule has 0 saturated carbocycles. The van der Waals surface area contributed by atoms with E-state index in [2.05, 4.69) is 10.3 Å². The van der Waals surface area contributed by atoms with Crippen LogP contribution in [-0.4, -0.2) is 28.6 Å². The molecule has 0 fully saturated rings. The first-order valence-corrected chi connectivity index (χ1v) is 7.17. The fourth-order valence-electron chi connectivity index (χ4n) is 1.77. The maximum absolute atomic E-state index is 12.2. The molecule has 0 saturated heterocycles. The number of hydrogen-bond acceptors (Lipinski definition) is 4. The number of anilines is 1. The minimum atomic E-state index is -1.07. The van der Waals surface area contributed by atoms with Gasteiger partial charge in [-0.3, -0.25) is 9.69 Å². The van der Waals surface area contributed by atoms with Crippen LogP contribution in [0, 0.1) is 6.92 Å². The monoisotopic (exact) mass is 305 g/mol. The molecule has 0 radical (unpaired) electrons. The SMILES string of the molecule is Cc1nc(CNC(=O)N(CC(=O)O)c2ccccc2)cs1. The Balaban J connectivity index is 2.05. The lowest BCUT2D eigenvalue weighted by Crippen LogP contribution is -2.42. The second kappa shape index (κ2) is 6.85. The van der Waals surface area contributed by atoms with Gasteiger partial charge in [0.1, 0.15) is 6.54 Å². The molecule has 21 heavy (non-hydrogen) atoms. The van der Waals surface area contributed by atoms with Crippen LogP contribution in [0.15, 0.2) is 35.7 Å². The number of carbonyl (C=O) groups is 2. The smallest absolute Gasteiger partial charge is 0.323 e. The molecule has 110 valence electrons. The van der Waals surface area contributed by atoms with Crippen molar-refractivity contribution in [1.29, 1.82) is 0 Å². The van der Waals surface area contributed by atoms with Crippen LogP contribution in [0.4, 0.5) is 10.5 Å². The van der Waals surface area contributed by atoms with Crippen molar-refractivity contribution < 1.29 is 14.7 Å². The lowest BCUT2D eigenvalue weighted by molar-refractivity contribution is -0.135. The number of urea groups is 1. The van der Waals surface area contributed by atoms with Gasteiger partial charge in [-0.15, -0.1) is 11.3 Å². The Kier molecular flexibility index (Phi) is 4.89. The van der Waals surface area contributed by atoms with Crippen LogP contribution in [0.2, 0.25) is 0 Å². The van der Waals surface area contributed by atoms with Crippen molar-refractivity contribution in [1.82, 2.24) is 10.3 Å². The van der Waals surface area contributed by atoms with E-state index in [-0.39, 0.29) is 6.54 Å². The van der Waals surface area contributed by atoms with Gasteiger partial charge in [-0.25, -0.2) is 9.78 Å². The number of para-hydroxylation sites is 1. The molecule has 1 aromatic carbocycles. The highest BCUT2D eigenvalue weighted by Gasteiger charge is 2.18. The molecular formula is C14H15N3O3S. The predicted molar refractivity (Wildman–Crippen MR) is 80.5 cm³/mol. The quantitative estimate of drug-likeness (QED) is 0.887. The molecule has 0 aliphatic heterocycles. The first-order chi connectivity index (χ1) is 10.1. The van der Waals surface area contributed by atoms with Gasteiger partial charge >= 0.3 is 12.0 Å². The summed E-state index contributed by atoms with van der Waals surface area (Å²) in [6.07, 6.45) is 0. The number of carboxylic acids is 1. The topological polar surface area (TPSA) is 82.5 Å². The van der Waals surface area contributed by atoms with Gasteiger partial charge in [0.05, 0.1) is 17.2 Å². The Labute approximate surface area is 126 Å². The minimum Gasteiger partial charge on any atom is -0.480 e. The van der Waals surface area contributed by atoms with E-state index in [9.17, 15) is 9.59 Å². The zero-order chi connectivity index (χ0) is 15.2. The number of nitrogens with zero attached hydrogens (tertiary/aromatic N) is 2. The van der Waals surface area contributed by atoms with Gasteiger partial charge in [-0.05, 0) is 19.1 Å². The van der Waals surface area contributed by atoms with E-state index in [1.165, 1.54) is 16.2 Å². The van der Waals surface area contributed by atoms with Crippen LogP contribution in [0.3, 0.4) is 0 Å². The van der Waals surface area contributed by atoms with E-state index < -0.39 is 18.5 Å². The fourth-order valence-corrected chi connectivity index (χ4v) is 2.39. The number of nitrogens with one attached hydrogen (secondary N) is 1. The number of hydrogen-bond donors (Lipinski definition) is 2. The molecule has 0 bridgehead atoms. The number of carboxylic acid groups (broad SMARTS) is 1. The maximum atomic E-state index is 12.2. The molecule has 0 atom stereocenters. The van der Waals surface area contributed by atoms with E-state index in [1.54, 1.807) is 30.3 Å². The standard InChI is InChI=1S/C14H15N3O3S/c1-10-16-11(9-21-10)7-15-14(20)17(8-13(18)19)12-5-3-2-4-6-12/h2-6,9H,7-8H2,1H3,(H,15,20)(H,18,19). The van der Waals surface area contributed by atoms with Gasteiger partial charge < -0.3 is 10.4 Å². The molecule has 2 N–H and O–H groups in total.